The van der Waals surface area contributed by atoms with Crippen LogP contribution in [0.4, 0.5) is 0 Å². The van der Waals surface area contributed by atoms with Gasteiger partial charge in [-0.25, -0.2) is 4.98 Å². The number of thiazole rings is 1. The van der Waals surface area contributed by atoms with Crippen LogP contribution in [-0.4, -0.2) is 22.9 Å². The quantitative estimate of drug-likeness (QED) is 0.309. The van der Waals surface area contributed by atoms with Gasteiger partial charge in [0.2, 0.25) is 0 Å². The van der Waals surface area contributed by atoms with Gasteiger partial charge in [-0.3, -0.25) is 10.8 Å². The number of thioether (sulfide) groups is 1. The molecule has 0 aliphatic carbocycles. The zero-order valence-corrected chi connectivity index (χ0v) is 15.2. The summed E-state index contributed by atoms with van der Waals surface area (Å²) in [6.45, 7) is 0. The fourth-order valence-corrected chi connectivity index (χ4v) is 4.87. The Bertz CT molecular complexity index is 908. The molecule has 6 N–H and O–H groups in total. The lowest BCUT2D eigenvalue weighted by atomic mass is 10.1. The second kappa shape index (κ2) is 6.76. The maximum atomic E-state index is 7.61. The van der Waals surface area contributed by atoms with Crippen molar-refractivity contribution in [1.82, 2.24) is 4.98 Å². The molecular formula is C16H15N5S3. The third-order valence-corrected chi connectivity index (χ3v) is 6.55. The smallest absolute Gasteiger partial charge is 0.133 e. The minimum atomic E-state index is 0.0557. The molecule has 3 rings (SSSR count). The summed E-state index contributed by atoms with van der Waals surface area (Å²) in [6.07, 6.45) is 2.01. The Kier molecular flexibility index (Phi) is 4.70. The van der Waals surface area contributed by atoms with E-state index in [1.165, 1.54) is 11.3 Å². The molecule has 0 amide bonds. The maximum Gasteiger partial charge on any atom is 0.133 e. The average Bonchev–Trinajstić information content (AvgIpc) is 3.21. The molecule has 0 saturated carbocycles. The van der Waals surface area contributed by atoms with Crippen LogP contribution in [0.2, 0.25) is 0 Å². The van der Waals surface area contributed by atoms with Crippen molar-refractivity contribution in [2.75, 3.05) is 6.26 Å². The number of nitrogen functional groups attached to an aromatic ring is 2. The molecule has 0 saturated heterocycles. The van der Waals surface area contributed by atoms with Gasteiger partial charge in [0.25, 0.3) is 0 Å². The van der Waals surface area contributed by atoms with E-state index in [-0.39, 0.29) is 11.7 Å². The summed E-state index contributed by atoms with van der Waals surface area (Å²) in [4.78, 5) is 5.48. The number of nitrogens with one attached hydrogen (secondary N) is 2. The lowest BCUT2D eigenvalue weighted by Crippen LogP contribution is -2.10. The third-order valence-electron chi connectivity index (χ3n) is 3.38. The number of thiophene rings is 1. The zero-order chi connectivity index (χ0) is 17.3. The predicted octanol–water partition coefficient (Wildman–Crippen LogP) is 3.83. The van der Waals surface area contributed by atoms with Crippen LogP contribution in [0.25, 0.3) is 21.8 Å². The molecule has 0 aliphatic rings. The Morgan fingerprint density at radius 1 is 1.12 bits per heavy atom. The minimum absolute atomic E-state index is 0.0557. The summed E-state index contributed by atoms with van der Waals surface area (Å²) in [7, 11) is 0. The standard InChI is InChI=1S/C16H15N5S3/c1-22-16-10(6-12(24-16)14(19)20)15-21-11(7-23-15)8-2-4-9(5-3-8)13(17)18/h2-7H,1H3,(H3,17,18)(H3,19,20). The van der Waals surface area contributed by atoms with Gasteiger partial charge < -0.3 is 11.5 Å². The maximum absolute atomic E-state index is 7.61. The van der Waals surface area contributed by atoms with Crippen LogP contribution in [0.15, 0.2) is 39.9 Å². The van der Waals surface area contributed by atoms with E-state index in [1.807, 2.05) is 42.0 Å². The molecule has 2 heterocycles. The van der Waals surface area contributed by atoms with E-state index in [9.17, 15) is 0 Å². The SMILES string of the molecule is CSc1sc(C(=N)N)cc1-c1nc(-c2ccc(C(=N)N)cc2)cs1. The molecule has 122 valence electrons. The molecule has 0 bridgehead atoms. The van der Waals surface area contributed by atoms with Crippen molar-refractivity contribution in [2.24, 2.45) is 11.5 Å². The van der Waals surface area contributed by atoms with Crippen LogP contribution in [0, 0.1) is 10.8 Å². The van der Waals surface area contributed by atoms with Crippen molar-refractivity contribution in [3.8, 4) is 21.8 Å². The molecule has 0 radical (unpaired) electrons. The van der Waals surface area contributed by atoms with Crippen molar-refractivity contribution in [3.05, 3.63) is 46.2 Å². The van der Waals surface area contributed by atoms with E-state index in [1.54, 1.807) is 23.1 Å². The number of amidine groups is 2. The second-order valence-electron chi connectivity index (χ2n) is 4.96. The van der Waals surface area contributed by atoms with Gasteiger partial charge in [0.15, 0.2) is 0 Å². The minimum Gasteiger partial charge on any atom is -0.384 e. The van der Waals surface area contributed by atoms with Gasteiger partial charge in [-0.05, 0) is 12.3 Å². The highest BCUT2D eigenvalue weighted by Crippen LogP contribution is 2.40. The molecule has 0 aliphatic heterocycles. The van der Waals surface area contributed by atoms with Gasteiger partial charge in [0.1, 0.15) is 16.7 Å². The molecule has 0 atom stereocenters. The first-order chi connectivity index (χ1) is 11.5. The van der Waals surface area contributed by atoms with Gasteiger partial charge >= 0.3 is 0 Å². The van der Waals surface area contributed by atoms with Gasteiger partial charge in [-0.15, -0.1) is 34.4 Å². The Hall–Kier alpha value is -2.16. The molecule has 5 nitrogen and oxygen atoms in total. The highest BCUT2D eigenvalue weighted by molar-refractivity contribution is 8.00. The molecule has 0 unspecified atom stereocenters. The number of hydrogen-bond donors (Lipinski definition) is 4. The molecule has 1 aromatic carbocycles. The van der Waals surface area contributed by atoms with Crippen LogP contribution in [0.3, 0.4) is 0 Å². The first kappa shape index (κ1) is 16.7. The molecule has 0 fully saturated rings. The van der Waals surface area contributed by atoms with Gasteiger partial charge in [0, 0.05) is 22.1 Å². The number of aromatic nitrogens is 1. The van der Waals surface area contributed by atoms with Crippen LogP contribution < -0.4 is 11.5 Å². The lowest BCUT2D eigenvalue weighted by molar-refractivity contribution is 1.38. The zero-order valence-electron chi connectivity index (χ0n) is 12.8. The number of nitrogens with zero attached hydrogens (tertiary/aromatic N) is 1. The number of benzene rings is 1. The summed E-state index contributed by atoms with van der Waals surface area (Å²) >= 11 is 4.72. The summed E-state index contributed by atoms with van der Waals surface area (Å²) < 4.78 is 1.10. The Morgan fingerprint density at radius 3 is 2.42 bits per heavy atom. The molecule has 8 heteroatoms. The van der Waals surface area contributed by atoms with E-state index in [2.05, 4.69) is 0 Å². The molecule has 0 spiro atoms. The summed E-state index contributed by atoms with van der Waals surface area (Å²) in [6, 6.07) is 9.41. The third kappa shape index (κ3) is 3.21. The van der Waals surface area contributed by atoms with E-state index >= 15 is 0 Å². The predicted molar refractivity (Wildman–Crippen MR) is 105 cm³/mol. The molecule has 2 aromatic heterocycles. The van der Waals surface area contributed by atoms with Crippen molar-refractivity contribution in [3.63, 3.8) is 0 Å². The van der Waals surface area contributed by atoms with Gasteiger partial charge in [-0.1, -0.05) is 24.3 Å². The normalized spacial score (nSPS) is 10.7. The van der Waals surface area contributed by atoms with Crippen LogP contribution in [0.5, 0.6) is 0 Å². The Morgan fingerprint density at radius 2 is 1.83 bits per heavy atom. The molecule has 24 heavy (non-hydrogen) atoms. The Labute approximate surface area is 151 Å². The van der Waals surface area contributed by atoms with E-state index in [0.717, 1.165) is 30.9 Å². The van der Waals surface area contributed by atoms with Crippen molar-refractivity contribution < 1.29 is 0 Å². The van der Waals surface area contributed by atoms with E-state index in [4.69, 9.17) is 27.3 Å². The summed E-state index contributed by atoms with van der Waals surface area (Å²) in [5.41, 5.74) is 14.7. The topological polar surface area (TPSA) is 113 Å². The Balaban J connectivity index is 1.96. The van der Waals surface area contributed by atoms with E-state index in [0.29, 0.717) is 5.56 Å². The highest BCUT2D eigenvalue weighted by Gasteiger charge is 2.15. The number of hydrogen-bond acceptors (Lipinski definition) is 6. The largest absolute Gasteiger partial charge is 0.384 e. The van der Waals surface area contributed by atoms with Crippen LogP contribution in [0.1, 0.15) is 10.4 Å². The lowest BCUT2D eigenvalue weighted by Gasteiger charge is -2.00. The molecule has 3 aromatic rings. The number of nitrogens with two attached hydrogens (primary N) is 2. The fraction of sp³-hybridized carbons (Fsp3) is 0.0625. The van der Waals surface area contributed by atoms with Crippen molar-refractivity contribution in [1.29, 1.82) is 10.8 Å². The van der Waals surface area contributed by atoms with Crippen molar-refractivity contribution >= 4 is 46.1 Å². The first-order valence-corrected chi connectivity index (χ1v) is 9.84. The first-order valence-electron chi connectivity index (χ1n) is 6.92. The fourth-order valence-electron chi connectivity index (χ4n) is 2.16. The van der Waals surface area contributed by atoms with Gasteiger partial charge in [0.05, 0.1) is 14.8 Å². The highest BCUT2D eigenvalue weighted by atomic mass is 32.2. The van der Waals surface area contributed by atoms with E-state index < -0.39 is 0 Å². The van der Waals surface area contributed by atoms with Crippen LogP contribution in [-0.2, 0) is 0 Å². The average molecular weight is 374 g/mol. The van der Waals surface area contributed by atoms with Gasteiger partial charge in [-0.2, -0.15) is 0 Å². The van der Waals surface area contributed by atoms with Crippen molar-refractivity contribution in [2.45, 2.75) is 4.21 Å². The molecular weight excluding hydrogens is 358 g/mol. The monoisotopic (exact) mass is 373 g/mol. The number of rotatable bonds is 5. The van der Waals surface area contributed by atoms with Crippen LogP contribution >= 0.6 is 34.4 Å². The second-order valence-corrected chi connectivity index (χ2v) is 7.94. The summed E-state index contributed by atoms with van der Waals surface area (Å²) in [5, 5.41) is 18.0. The summed E-state index contributed by atoms with van der Waals surface area (Å²) in [5.74, 6) is 0.137.